The minimum Gasteiger partial charge on any atom is -0.339 e. The fraction of sp³-hybridized carbons (Fsp3) is 0.208. The van der Waals surface area contributed by atoms with E-state index >= 15 is 0 Å². The number of halogens is 5. The van der Waals surface area contributed by atoms with Crippen LogP contribution in [-0.2, 0) is 6.54 Å². The molecule has 0 amide bonds. The summed E-state index contributed by atoms with van der Waals surface area (Å²) < 4.78 is 68.4. The van der Waals surface area contributed by atoms with Gasteiger partial charge in [0.15, 0.2) is 5.82 Å². The van der Waals surface area contributed by atoms with Crippen molar-refractivity contribution in [3.63, 3.8) is 0 Å². The summed E-state index contributed by atoms with van der Waals surface area (Å²) in [5.74, 6) is 0.828. The SMILES string of the molecule is Cc1ccc(Nc2ccc3c(c2)ncn3-c2ccc(C(F)F)c(-c3cn(CC(F)(F)F)nc3C)n2)nn1. The minimum atomic E-state index is -4.51. The molecular weight excluding hydrogens is 495 g/mol. The van der Waals surface area contributed by atoms with E-state index in [2.05, 4.69) is 30.6 Å². The van der Waals surface area contributed by atoms with E-state index in [9.17, 15) is 22.0 Å². The monoisotopic (exact) mass is 514 g/mol. The molecule has 37 heavy (non-hydrogen) atoms. The molecule has 0 atom stereocenters. The van der Waals surface area contributed by atoms with Crippen molar-refractivity contribution in [3.05, 3.63) is 71.9 Å². The summed E-state index contributed by atoms with van der Waals surface area (Å²) in [6.45, 7) is 1.94. The normalized spacial score (nSPS) is 12.0. The van der Waals surface area contributed by atoms with Gasteiger partial charge in [0, 0.05) is 23.0 Å². The number of alkyl halides is 5. The quantitative estimate of drug-likeness (QED) is 0.283. The van der Waals surface area contributed by atoms with Crippen LogP contribution < -0.4 is 5.32 Å². The van der Waals surface area contributed by atoms with Crippen molar-refractivity contribution in [2.75, 3.05) is 5.32 Å². The number of pyridine rings is 1. The lowest BCUT2D eigenvalue weighted by atomic mass is 10.1. The smallest absolute Gasteiger partial charge is 0.339 e. The van der Waals surface area contributed by atoms with Crippen molar-refractivity contribution in [3.8, 4) is 17.1 Å². The molecule has 5 aromatic rings. The van der Waals surface area contributed by atoms with E-state index in [1.165, 1.54) is 25.4 Å². The fourth-order valence-corrected chi connectivity index (χ4v) is 3.89. The first kappa shape index (κ1) is 24.3. The molecule has 8 nitrogen and oxygen atoms in total. The van der Waals surface area contributed by atoms with Crippen LogP contribution in [0.1, 0.15) is 23.4 Å². The number of aryl methyl sites for hydroxylation is 2. The summed E-state index contributed by atoms with van der Waals surface area (Å²) in [5, 5.41) is 15.0. The molecule has 0 radical (unpaired) electrons. The van der Waals surface area contributed by atoms with E-state index in [1.807, 2.05) is 13.0 Å². The van der Waals surface area contributed by atoms with Crippen molar-refractivity contribution in [1.29, 1.82) is 0 Å². The lowest BCUT2D eigenvalue weighted by molar-refractivity contribution is -0.142. The van der Waals surface area contributed by atoms with E-state index in [0.29, 0.717) is 27.2 Å². The first-order valence-electron chi connectivity index (χ1n) is 11.0. The van der Waals surface area contributed by atoms with Gasteiger partial charge in [0.1, 0.15) is 18.7 Å². The van der Waals surface area contributed by atoms with Crippen LogP contribution in [-0.4, -0.2) is 40.7 Å². The van der Waals surface area contributed by atoms with Crippen LogP contribution in [0.3, 0.4) is 0 Å². The van der Waals surface area contributed by atoms with E-state index in [1.54, 1.807) is 28.8 Å². The lowest BCUT2D eigenvalue weighted by Crippen LogP contribution is -2.17. The largest absolute Gasteiger partial charge is 0.408 e. The van der Waals surface area contributed by atoms with Gasteiger partial charge in [-0.15, -0.1) is 5.10 Å². The molecule has 0 saturated heterocycles. The zero-order chi connectivity index (χ0) is 26.3. The molecule has 0 saturated carbocycles. The summed E-state index contributed by atoms with van der Waals surface area (Å²) in [4.78, 5) is 8.79. The van der Waals surface area contributed by atoms with Crippen LogP contribution in [0.2, 0.25) is 0 Å². The molecule has 4 aromatic heterocycles. The molecule has 1 aromatic carbocycles. The van der Waals surface area contributed by atoms with Gasteiger partial charge in [0.05, 0.1) is 28.1 Å². The van der Waals surface area contributed by atoms with Crippen LogP contribution in [0.5, 0.6) is 0 Å². The van der Waals surface area contributed by atoms with E-state index < -0.39 is 24.7 Å². The third-order valence-corrected chi connectivity index (χ3v) is 5.55. The summed E-state index contributed by atoms with van der Waals surface area (Å²) in [7, 11) is 0. The molecular formula is C24H19F5N8. The second kappa shape index (κ2) is 9.22. The standard InChI is InChI=1S/C24H19F5N8/c1-13-3-7-20(34-33-13)31-15-4-6-19-18(9-15)30-12-37(19)21-8-5-16(23(25)26)22(32-21)17-10-36(35-14(17)2)11-24(27,28)29/h3-10,12,23H,11H2,1-2H3,(H,31,34). The molecule has 0 bridgehead atoms. The van der Waals surface area contributed by atoms with Gasteiger partial charge >= 0.3 is 6.18 Å². The van der Waals surface area contributed by atoms with Crippen LogP contribution in [0.4, 0.5) is 33.5 Å². The van der Waals surface area contributed by atoms with Crippen LogP contribution >= 0.6 is 0 Å². The average Bonchev–Trinajstić information content (AvgIpc) is 3.41. The number of hydrogen-bond donors (Lipinski definition) is 1. The maximum absolute atomic E-state index is 13.8. The molecule has 1 N–H and O–H groups in total. The first-order valence-corrected chi connectivity index (χ1v) is 11.0. The Kier molecular flexibility index (Phi) is 6.05. The van der Waals surface area contributed by atoms with Gasteiger partial charge in [-0.2, -0.15) is 23.4 Å². The highest BCUT2D eigenvalue weighted by atomic mass is 19.4. The fourth-order valence-electron chi connectivity index (χ4n) is 3.89. The summed E-state index contributed by atoms with van der Waals surface area (Å²) in [6.07, 6.45) is -4.82. The second-order valence-electron chi connectivity index (χ2n) is 8.35. The zero-order valence-corrected chi connectivity index (χ0v) is 19.5. The molecule has 0 unspecified atom stereocenters. The second-order valence-corrected chi connectivity index (χ2v) is 8.35. The third-order valence-electron chi connectivity index (χ3n) is 5.55. The highest BCUT2D eigenvalue weighted by Gasteiger charge is 2.29. The Hall–Kier alpha value is -4.42. The Bertz CT molecular complexity index is 1570. The number of nitrogens with zero attached hydrogens (tertiary/aromatic N) is 7. The number of imidazole rings is 1. The van der Waals surface area contributed by atoms with E-state index in [0.717, 1.165) is 11.9 Å². The molecule has 5 rings (SSSR count). The Morgan fingerprint density at radius 3 is 2.51 bits per heavy atom. The maximum atomic E-state index is 13.8. The van der Waals surface area contributed by atoms with Crippen LogP contribution in [0.25, 0.3) is 28.1 Å². The molecule has 0 aliphatic carbocycles. The maximum Gasteiger partial charge on any atom is 0.408 e. The number of rotatable bonds is 6. The Morgan fingerprint density at radius 1 is 1.00 bits per heavy atom. The average molecular weight is 514 g/mol. The number of hydrogen-bond acceptors (Lipinski definition) is 6. The summed E-state index contributed by atoms with van der Waals surface area (Å²) in [6, 6.07) is 11.6. The summed E-state index contributed by atoms with van der Waals surface area (Å²) in [5.41, 5.74) is 2.44. The predicted molar refractivity (Wildman–Crippen MR) is 126 cm³/mol. The number of aromatic nitrogens is 7. The number of nitrogens with one attached hydrogen (secondary N) is 1. The van der Waals surface area contributed by atoms with Gasteiger partial charge in [-0.3, -0.25) is 9.25 Å². The van der Waals surface area contributed by atoms with Crippen LogP contribution in [0, 0.1) is 13.8 Å². The Labute approximate surface area is 206 Å². The Balaban J connectivity index is 1.52. The number of fused-ring (bicyclic) bond motifs is 1. The van der Waals surface area contributed by atoms with Crippen molar-refractivity contribution in [2.24, 2.45) is 0 Å². The predicted octanol–water partition coefficient (Wildman–Crippen LogP) is 5.93. The van der Waals surface area contributed by atoms with Gasteiger partial charge in [-0.25, -0.2) is 18.7 Å². The molecule has 13 heteroatoms. The minimum absolute atomic E-state index is 0.0940. The van der Waals surface area contributed by atoms with Crippen molar-refractivity contribution >= 4 is 22.5 Å². The summed E-state index contributed by atoms with van der Waals surface area (Å²) >= 11 is 0. The van der Waals surface area contributed by atoms with E-state index in [4.69, 9.17) is 0 Å². The molecule has 0 spiro atoms. The Morgan fingerprint density at radius 2 is 1.81 bits per heavy atom. The first-order chi connectivity index (χ1) is 17.6. The molecule has 190 valence electrons. The van der Waals surface area contributed by atoms with Gasteiger partial charge < -0.3 is 5.32 Å². The van der Waals surface area contributed by atoms with Crippen molar-refractivity contribution in [1.82, 2.24) is 34.5 Å². The topological polar surface area (TPSA) is 86.3 Å². The van der Waals surface area contributed by atoms with Gasteiger partial charge in [-0.1, -0.05) is 0 Å². The van der Waals surface area contributed by atoms with Crippen molar-refractivity contribution in [2.45, 2.75) is 33.0 Å². The molecule has 0 fully saturated rings. The lowest BCUT2D eigenvalue weighted by Gasteiger charge is -2.11. The highest BCUT2D eigenvalue weighted by Crippen LogP contribution is 2.33. The van der Waals surface area contributed by atoms with Gasteiger partial charge in [0.2, 0.25) is 0 Å². The van der Waals surface area contributed by atoms with Crippen LogP contribution in [0.15, 0.2) is 55.0 Å². The third kappa shape index (κ3) is 5.10. The van der Waals surface area contributed by atoms with Crippen molar-refractivity contribution < 1.29 is 22.0 Å². The number of benzene rings is 1. The highest BCUT2D eigenvalue weighted by molar-refractivity contribution is 5.82. The molecule has 0 aliphatic heterocycles. The van der Waals surface area contributed by atoms with Gasteiger partial charge in [-0.05, 0) is 56.3 Å². The molecule has 0 aliphatic rings. The molecule has 4 heterocycles. The number of anilines is 2. The van der Waals surface area contributed by atoms with E-state index in [-0.39, 0.29) is 22.8 Å². The zero-order valence-electron chi connectivity index (χ0n) is 19.5. The van der Waals surface area contributed by atoms with Gasteiger partial charge in [0.25, 0.3) is 6.43 Å².